The van der Waals surface area contributed by atoms with Gasteiger partial charge >= 0.3 is 0 Å². The smallest absolute Gasteiger partial charge is 0.268 e. The number of benzene rings is 1. The Morgan fingerprint density at radius 1 is 1.12 bits per heavy atom. The fraction of sp³-hybridized carbons (Fsp3) is 0.167. The Morgan fingerprint density at radius 3 is 2.80 bits per heavy atom. The van der Waals surface area contributed by atoms with Crippen molar-refractivity contribution < 1.29 is 0 Å². The molecule has 0 fully saturated rings. The van der Waals surface area contributed by atoms with Crippen molar-refractivity contribution in [1.29, 1.82) is 0 Å². The van der Waals surface area contributed by atoms with Gasteiger partial charge in [-0.25, -0.2) is 9.97 Å². The van der Waals surface area contributed by atoms with Crippen molar-refractivity contribution in [3.8, 4) is 0 Å². The Labute approximate surface area is 152 Å². The van der Waals surface area contributed by atoms with Crippen molar-refractivity contribution in [3.63, 3.8) is 0 Å². The Kier molecular flexibility index (Phi) is 4.42. The first-order valence-electron chi connectivity index (χ1n) is 7.87. The molecular formula is C18H16N4OS2. The van der Waals surface area contributed by atoms with Crippen LogP contribution in [0, 0.1) is 6.92 Å². The van der Waals surface area contributed by atoms with Gasteiger partial charge in [0, 0.05) is 12.1 Å². The van der Waals surface area contributed by atoms with E-state index >= 15 is 0 Å². The normalized spacial score (nSPS) is 11.2. The zero-order chi connectivity index (χ0) is 17.2. The van der Waals surface area contributed by atoms with Gasteiger partial charge < -0.3 is 9.97 Å². The Balaban J connectivity index is 1.49. The van der Waals surface area contributed by atoms with Gasteiger partial charge in [-0.15, -0.1) is 11.3 Å². The third-order valence-corrected chi connectivity index (χ3v) is 5.67. The Bertz CT molecular complexity index is 1070. The number of nitrogens with zero attached hydrogens (tertiary/aromatic N) is 2. The molecule has 0 aliphatic heterocycles. The van der Waals surface area contributed by atoms with Gasteiger partial charge in [0.2, 0.25) is 0 Å². The lowest BCUT2D eigenvalue weighted by Gasteiger charge is -1.99. The number of thiophene rings is 1. The fourth-order valence-corrected chi connectivity index (χ4v) is 4.16. The lowest BCUT2D eigenvalue weighted by molar-refractivity contribution is 0.996. The monoisotopic (exact) mass is 368 g/mol. The van der Waals surface area contributed by atoms with E-state index in [1.165, 1.54) is 16.9 Å². The first-order valence-corrected chi connectivity index (χ1v) is 9.74. The molecule has 0 bridgehead atoms. The molecule has 0 aliphatic carbocycles. The van der Waals surface area contributed by atoms with Gasteiger partial charge in [-0.1, -0.05) is 42.1 Å². The topological polar surface area (TPSA) is 74.4 Å². The minimum absolute atomic E-state index is 0.0732. The maximum absolute atomic E-state index is 12.0. The highest BCUT2D eigenvalue weighted by molar-refractivity contribution is 7.98. The van der Waals surface area contributed by atoms with Gasteiger partial charge in [0.1, 0.15) is 10.5 Å². The summed E-state index contributed by atoms with van der Waals surface area (Å²) in [7, 11) is 0. The van der Waals surface area contributed by atoms with Crippen LogP contribution in [0.25, 0.3) is 10.2 Å². The molecule has 0 atom stereocenters. The van der Waals surface area contributed by atoms with Gasteiger partial charge in [-0.2, -0.15) is 0 Å². The van der Waals surface area contributed by atoms with Crippen molar-refractivity contribution >= 4 is 33.3 Å². The van der Waals surface area contributed by atoms with Crippen LogP contribution in [0.3, 0.4) is 0 Å². The standard InChI is InChI=1S/C18H16N4OS2/c1-11-14(9-12-5-3-2-4-6-12)21-18(19-11)25-10-15-20-13-7-8-24-16(13)17(23)22-15/h2-8H,9-10H2,1H3,(H,19,21)(H,20,22,23). The Morgan fingerprint density at radius 2 is 1.96 bits per heavy atom. The molecule has 4 aromatic rings. The molecule has 0 saturated carbocycles. The molecular weight excluding hydrogens is 352 g/mol. The first kappa shape index (κ1) is 16.1. The number of rotatable bonds is 5. The molecule has 0 spiro atoms. The van der Waals surface area contributed by atoms with Crippen LogP contribution in [-0.2, 0) is 12.2 Å². The van der Waals surface area contributed by atoms with Crippen molar-refractivity contribution in [3.05, 3.63) is 74.9 Å². The third-order valence-electron chi connectivity index (χ3n) is 3.89. The zero-order valence-electron chi connectivity index (χ0n) is 13.6. The van der Waals surface area contributed by atoms with Gasteiger partial charge in [0.05, 0.1) is 17.0 Å². The van der Waals surface area contributed by atoms with E-state index in [1.54, 1.807) is 11.8 Å². The largest absolute Gasteiger partial charge is 0.337 e. The zero-order valence-corrected chi connectivity index (χ0v) is 15.2. The molecule has 2 N–H and O–H groups in total. The first-order chi connectivity index (χ1) is 12.2. The second-order valence-corrected chi connectivity index (χ2v) is 7.59. The van der Waals surface area contributed by atoms with Gasteiger partial charge in [-0.05, 0) is 23.9 Å². The number of imidazole rings is 1. The van der Waals surface area contributed by atoms with Gasteiger partial charge in [-0.3, -0.25) is 4.79 Å². The number of aromatic amines is 2. The van der Waals surface area contributed by atoms with Gasteiger partial charge in [0.25, 0.3) is 5.56 Å². The van der Waals surface area contributed by atoms with Crippen LogP contribution in [-0.4, -0.2) is 19.9 Å². The highest BCUT2D eigenvalue weighted by Gasteiger charge is 2.10. The molecule has 4 rings (SSSR count). The average Bonchev–Trinajstić information content (AvgIpc) is 3.21. The molecule has 5 nitrogen and oxygen atoms in total. The van der Waals surface area contributed by atoms with Crippen LogP contribution < -0.4 is 5.56 Å². The molecule has 3 aromatic heterocycles. The van der Waals surface area contributed by atoms with E-state index < -0.39 is 0 Å². The molecule has 126 valence electrons. The van der Waals surface area contributed by atoms with Gasteiger partial charge in [0.15, 0.2) is 5.16 Å². The number of aryl methyl sites for hydroxylation is 1. The third kappa shape index (κ3) is 3.52. The number of nitrogens with one attached hydrogen (secondary N) is 2. The number of fused-ring (bicyclic) bond motifs is 1. The predicted octanol–water partition coefficient (Wildman–Crippen LogP) is 3.90. The summed E-state index contributed by atoms with van der Waals surface area (Å²) >= 11 is 2.95. The minimum atomic E-state index is -0.0732. The van der Waals surface area contributed by atoms with Crippen molar-refractivity contribution in [1.82, 2.24) is 19.9 Å². The quantitative estimate of drug-likeness (QED) is 0.524. The molecule has 0 aliphatic rings. The highest BCUT2D eigenvalue weighted by Crippen LogP contribution is 2.22. The second kappa shape index (κ2) is 6.85. The number of H-pyrrole nitrogens is 2. The maximum atomic E-state index is 12.0. The SMILES string of the molecule is Cc1[nH]c(SCc2nc3ccsc3c(=O)[nH]2)nc1Cc1ccccc1. The summed E-state index contributed by atoms with van der Waals surface area (Å²) in [6.45, 7) is 2.03. The average molecular weight is 368 g/mol. The Hall–Kier alpha value is -2.38. The number of hydrogen-bond acceptors (Lipinski definition) is 5. The molecule has 25 heavy (non-hydrogen) atoms. The van der Waals surface area contributed by atoms with Crippen LogP contribution in [0.15, 0.2) is 51.7 Å². The lowest BCUT2D eigenvalue weighted by atomic mass is 10.1. The molecule has 7 heteroatoms. The summed E-state index contributed by atoms with van der Waals surface area (Å²) in [5.41, 5.74) is 4.04. The van der Waals surface area contributed by atoms with Crippen LogP contribution in [0.1, 0.15) is 22.8 Å². The van der Waals surface area contributed by atoms with Crippen LogP contribution >= 0.6 is 23.1 Å². The fourth-order valence-electron chi connectivity index (χ4n) is 2.62. The molecule has 3 heterocycles. The summed E-state index contributed by atoms with van der Waals surface area (Å²) in [5.74, 6) is 1.23. The lowest BCUT2D eigenvalue weighted by Crippen LogP contribution is -2.09. The highest BCUT2D eigenvalue weighted by atomic mass is 32.2. The molecule has 1 aromatic carbocycles. The summed E-state index contributed by atoms with van der Waals surface area (Å²) in [5, 5.41) is 2.73. The number of thioether (sulfide) groups is 1. The van der Waals surface area contributed by atoms with Crippen molar-refractivity contribution in [2.24, 2.45) is 0 Å². The van der Waals surface area contributed by atoms with E-state index in [-0.39, 0.29) is 5.56 Å². The number of aromatic nitrogens is 4. The summed E-state index contributed by atoms with van der Waals surface area (Å²) in [6, 6.07) is 12.2. The predicted molar refractivity (Wildman–Crippen MR) is 102 cm³/mol. The maximum Gasteiger partial charge on any atom is 0.268 e. The van der Waals surface area contributed by atoms with E-state index in [2.05, 4.69) is 32.1 Å². The second-order valence-electron chi connectivity index (χ2n) is 5.71. The molecule has 0 saturated heterocycles. The molecule has 0 unspecified atom stereocenters. The van der Waals surface area contributed by atoms with Crippen molar-refractivity contribution in [2.75, 3.05) is 0 Å². The molecule has 0 radical (unpaired) electrons. The van der Waals surface area contributed by atoms with E-state index in [0.717, 1.165) is 28.5 Å². The number of hydrogen-bond donors (Lipinski definition) is 2. The summed E-state index contributed by atoms with van der Waals surface area (Å²) in [4.78, 5) is 27.4. The van der Waals surface area contributed by atoms with Crippen LogP contribution in [0.2, 0.25) is 0 Å². The summed E-state index contributed by atoms with van der Waals surface area (Å²) in [6.07, 6.45) is 0.805. The van der Waals surface area contributed by atoms with E-state index in [1.807, 2.05) is 36.6 Å². The van der Waals surface area contributed by atoms with Crippen LogP contribution in [0.5, 0.6) is 0 Å². The van der Waals surface area contributed by atoms with Crippen LogP contribution in [0.4, 0.5) is 0 Å². The van der Waals surface area contributed by atoms with E-state index in [4.69, 9.17) is 0 Å². The van der Waals surface area contributed by atoms with Crippen molar-refractivity contribution in [2.45, 2.75) is 24.3 Å². The minimum Gasteiger partial charge on any atom is -0.337 e. The van der Waals surface area contributed by atoms with E-state index in [9.17, 15) is 4.79 Å². The molecule has 0 amide bonds. The summed E-state index contributed by atoms with van der Waals surface area (Å²) < 4.78 is 0.674. The van der Waals surface area contributed by atoms with E-state index in [0.29, 0.717) is 16.3 Å².